The molecule has 1 amide bonds. The molecule has 1 heterocycles. The highest BCUT2D eigenvalue weighted by Gasteiger charge is 2.30. The van der Waals surface area contributed by atoms with Gasteiger partial charge in [0.2, 0.25) is 0 Å². The smallest absolute Gasteiger partial charge is 0.407 e. The van der Waals surface area contributed by atoms with E-state index < -0.39 is 11.7 Å². The zero-order chi connectivity index (χ0) is 20.4. The van der Waals surface area contributed by atoms with Gasteiger partial charge in [0.15, 0.2) is 10.9 Å². The van der Waals surface area contributed by atoms with Gasteiger partial charge in [0, 0.05) is 6.04 Å². The van der Waals surface area contributed by atoms with E-state index in [2.05, 4.69) is 47.0 Å². The second-order valence-electron chi connectivity index (χ2n) is 9.25. The quantitative estimate of drug-likeness (QED) is 0.546. The molecule has 7 heteroatoms. The summed E-state index contributed by atoms with van der Waals surface area (Å²) < 4.78 is 11.9. The van der Waals surface area contributed by atoms with Crippen molar-refractivity contribution in [3.8, 4) is 5.75 Å². The number of nitrogens with zero attached hydrogens (tertiary/aromatic N) is 1. The third kappa shape index (κ3) is 7.49. The fraction of sp³-hybridized carbons (Fsp3) is 0.700. The van der Waals surface area contributed by atoms with Gasteiger partial charge in [-0.15, -0.1) is 0 Å². The summed E-state index contributed by atoms with van der Waals surface area (Å²) in [6.45, 7) is 12.5. The molecule has 0 bridgehead atoms. The van der Waals surface area contributed by atoms with Crippen molar-refractivity contribution in [2.45, 2.75) is 72.4 Å². The van der Waals surface area contributed by atoms with Crippen LogP contribution in [0.25, 0.3) is 0 Å². The monoisotopic (exact) mass is 460 g/mol. The zero-order valence-electron chi connectivity index (χ0n) is 17.0. The van der Waals surface area contributed by atoms with Crippen LogP contribution in [0.4, 0.5) is 4.79 Å². The molecule has 1 aromatic rings. The first-order chi connectivity index (χ1) is 12.3. The van der Waals surface area contributed by atoms with Crippen molar-refractivity contribution < 1.29 is 14.3 Å². The predicted molar refractivity (Wildman–Crippen MR) is 111 cm³/mol. The fourth-order valence-corrected chi connectivity index (χ4v) is 3.22. The predicted octanol–water partition coefficient (Wildman–Crippen LogP) is 5.77. The van der Waals surface area contributed by atoms with Crippen molar-refractivity contribution in [1.82, 2.24) is 10.3 Å². The number of nitrogens with one attached hydrogen (secondary N) is 1. The Bertz CT molecular complexity index is 679. The Balaban J connectivity index is 2.15. The molecule has 1 aliphatic carbocycles. The number of rotatable bonds is 6. The van der Waals surface area contributed by atoms with E-state index in [1.165, 1.54) is 12.8 Å². The number of aromatic nitrogens is 1. The maximum Gasteiger partial charge on any atom is 0.407 e. The van der Waals surface area contributed by atoms with Crippen LogP contribution in [-0.2, 0) is 11.2 Å². The van der Waals surface area contributed by atoms with Crippen LogP contribution in [0.15, 0.2) is 10.7 Å². The minimum atomic E-state index is -0.543. The van der Waals surface area contributed by atoms with Crippen LogP contribution in [0.3, 0.4) is 0 Å². The number of halogens is 2. The molecule has 1 aliphatic rings. The van der Waals surface area contributed by atoms with Gasteiger partial charge in [-0.2, -0.15) is 0 Å². The molecule has 0 aliphatic heterocycles. The number of amides is 1. The molecule has 2 rings (SSSR count). The number of hydrogen-bond acceptors (Lipinski definition) is 4. The fourth-order valence-electron chi connectivity index (χ4n) is 2.47. The Hall–Kier alpha value is -1.01. The number of ether oxygens (including phenoxy) is 2. The first kappa shape index (κ1) is 22.3. The number of pyridine rings is 1. The number of carbonyl (C=O) groups excluding carboxylic acids is 1. The van der Waals surface area contributed by atoms with E-state index in [1.54, 1.807) is 0 Å². The number of alkyl carbamates (subject to hydrolysis) is 1. The third-order valence-corrected chi connectivity index (χ3v) is 5.26. The van der Waals surface area contributed by atoms with Crippen molar-refractivity contribution in [2.24, 2.45) is 11.3 Å². The van der Waals surface area contributed by atoms with Gasteiger partial charge in [0.1, 0.15) is 10.2 Å². The molecule has 27 heavy (non-hydrogen) atoms. The molecule has 1 N–H and O–H groups in total. The summed E-state index contributed by atoms with van der Waals surface area (Å²) in [6.07, 6.45) is 2.57. The Morgan fingerprint density at radius 3 is 2.48 bits per heavy atom. The standard InChI is InChI=1S/C20H30BrClN2O3/c1-19(2,3)15(23-18(25)27-20(4,5)6)10-13-9-14(17(22)24-16(13)21)26-11-12-7-8-12/h9,12,15H,7-8,10-11H2,1-6H3,(H,23,25). The molecule has 1 atom stereocenters. The van der Waals surface area contributed by atoms with Gasteiger partial charge in [0.05, 0.1) is 6.61 Å². The molecule has 1 saturated carbocycles. The lowest BCUT2D eigenvalue weighted by atomic mass is 9.83. The highest BCUT2D eigenvalue weighted by atomic mass is 79.9. The summed E-state index contributed by atoms with van der Waals surface area (Å²) in [5.41, 5.74) is 0.213. The second kappa shape index (κ2) is 8.56. The summed E-state index contributed by atoms with van der Waals surface area (Å²) in [7, 11) is 0. The van der Waals surface area contributed by atoms with Gasteiger partial charge in [-0.25, -0.2) is 9.78 Å². The molecular weight excluding hydrogens is 432 g/mol. The summed E-state index contributed by atoms with van der Waals surface area (Å²) in [6, 6.07) is 1.76. The van der Waals surface area contributed by atoms with Crippen molar-refractivity contribution in [1.29, 1.82) is 0 Å². The maximum atomic E-state index is 12.3. The highest BCUT2D eigenvalue weighted by molar-refractivity contribution is 9.10. The Morgan fingerprint density at radius 2 is 1.96 bits per heavy atom. The van der Waals surface area contributed by atoms with Gasteiger partial charge in [0.25, 0.3) is 0 Å². The number of hydrogen-bond donors (Lipinski definition) is 1. The van der Waals surface area contributed by atoms with Gasteiger partial charge >= 0.3 is 6.09 Å². The van der Waals surface area contributed by atoms with Crippen LogP contribution in [0, 0.1) is 11.3 Å². The largest absolute Gasteiger partial charge is 0.490 e. The Labute approximate surface area is 175 Å². The van der Waals surface area contributed by atoms with E-state index in [9.17, 15) is 4.79 Å². The van der Waals surface area contributed by atoms with E-state index in [0.29, 0.717) is 34.5 Å². The Kier molecular flexibility index (Phi) is 7.06. The molecule has 1 fully saturated rings. The molecular formula is C20H30BrClN2O3. The molecule has 0 radical (unpaired) electrons. The lowest BCUT2D eigenvalue weighted by Gasteiger charge is -2.32. The van der Waals surface area contributed by atoms with Crippen LogP contribution in [-0.4, -0.2) is 29.3 Å². The van der Waals surface area contributed by atoms with E-state index in [0.717, 1.165) is 5.56 Å². The molecule has 5 nitrogen and oxygen atoms in total. The topological polar surface area (TPSA) is 60.5 Å². The summed E-state index contributed by atoms with van der Waals surface area (Å²) in [4.78, 5) is 16.6. The SMILES string of the molecule is CC(C)(C)OC(=O)NC(Cc1cc(OCC2CC2)c(Cl)nc1Br)C(C)(C)C. The van der Waals surface area contributed by atoms with Crippen LogP contribution in [0.1, 0.15) is 59.9 Å². The van der Waals surface area contributed by atoms with Gasteiger partial charge in [-0.3, -0.25) is 0 Å². The molecule has 0 spiro atoms. The first-order valence-electron chi connectivity index (χ1n) is 9.32. The van der Waals surface area contributed by atoms with Crippen molar-refractivity contribution in [3.05, 3.63) is 21.4 Å². The normalized spacial score (nSPS) is 16.0. The lowest BCUT2D eigenvalue weighted by Crippen LogP contribution is -2.47. The van der Waals surface area contributed by atoms with Crippen LogP contribution < -0.4 is 10.1 Å². The van der Waals surface area contributed by atoms with Gasteiger partial charge in [-0.05, 0) is 78.9 Å². The molecule has 1 aromatic heterocycles. The summed E-state index contributed by atoms with van der Waals surface area (Å²) >= 11 is 9.72. The van der Waals surface area contributed by atoms with Gasteiger partial charge in [-0.1, -0.05) is 32.4 Å². The average molecular weight is 462 g/mol. The maximum absolute atomic E-state index is 12.3. The molecule has 0 aromatic carbocycles. The summed E-state index contributed by atoms with van der Waals surface area (Å²) in [5.74, 6) is 1.22. The first-order valence-corrected chi connectivity index (χ1v) is 10.5. The van der Waals surface area contributed by atoms with E-state index >= 15 is 0 Å². The zero-order valence-corrected chi connectivity index (χ0v) is 19.3. The van der Waals surface area contributed by atoms with Crippen molar-refractivity contribution in [2.75, 3.05) is 6.61 Å². The second-order valence-corrected chi connectivity index (χ2v) is 10.4. The van der Waals surface area contributed by atoms with Crippen LogP contribution in [0.2, 0.25) is 5.15 Å². The lowest BCUT2D eigenvalue weighted by molar-refractivity contribution is 0.0464. The Morgan fingerprint density at radius 1 is 1.33 bits per heavy atom. The minimum absolute atomic E-state index is 0.150. The van der Waals surface area contributed by atoms with Crippen molar-refractivity contribution >= 4 is 33.6 Å². The molecule has 1 unspecified atom stereocenters. The van der Waals surface area contributed by atoms with E-state index in [-0.39, 0.29) is 11.5 Å². The van der Waals surface area contributed by atoms with E-state index in [1.807, 2.05) is 26.8 Å². The third-order valence-electron chi connectivity index (χ3n) is 4.30. The summed E-state index contributed by atoms with van der Waals surface area (Å²) in [5, 5.41) is 3.35. The highest BCUT2D eigenvalue weighted by Crippen LogP contribution is 2.34. The van der Waals surface area contributed by atoms with Crippen molar-refractivity contribution in [3.63, 3.8) is 0 Å². The average Bonchev–Trinajstić information content (AvgIpc) is 3.29. The molecule has 152 valence electrons. The van der Waals surface area contributed by atoms with Gasteiger partial charge < -0.3 is 14.8 Å². The van der Waals surface area contributed by atoms with Crippen LogP contribution in [0.5, 0.6) is 5.75 Å². The van der Waals surface area contributed by atoms with E-state index in [4.69, 9.17) is 21.1 Å². The number of carbonyl (C=O) groups is 1. The molecule has 0 saturated heterocycles. The van der Waals surface area contributed by atoms with Crippen LogP contribution >= 0.6 is 27.5 Å². The minimum Gasteiger partial charge on any atom is -0.490 e.